The van der Waals surface area contributed by atoms with Crippen molar-refractivity contribution in [2.45, 2.75) is 13.8 Å². The summed E-state index contributed by atoms with van der Waals surface area (Å²) < 4.78 is 5.61. The van der Waals surface area contributed by atoms with Gasteiger partial charge in [0.05, 0.1) is 12.2 Å². The Morgan fingerprint density at radius 2 is 2.00 bits per heavy atom. The molecule has 0 saturated heterocycles. The smallest absolute Gasteiger partial charge is 0.338 e. The average Bonchev–Trinajstić information content (AvgIpc) is 2.17. The number of carbonyl (C=O) groups excluding carboxylic acids is 2. The average molecular weight is 271 g/mol. The Balaban J connectivity index is 3.18. The first-order chi connectivity index (χ1) is 7.06. The standard InChI is InChI=1S/C11H11BrO3/c1-3-15-11(14)10-6-8(12)4-5-9(10)7(2)13/h4-6H,3H2,1-2H3. The largest absolute Gasteiger partial charge is 0.462 e. The van der Waals surface area contributed by atoms with Crippen molar-refractivity contribution in [1.29, 1.82) is 0 Å². The van der Waals surface area contributed by atoms with Crippen LogP contribution in [0.3, 0.4) is 0 Å². The third-order valence-electron chi connectivity index (χ3n) is 1.86. The van der Waals surface area contributed by atoms with Crippen molar-refractivity contribution in [1.82, 2.24) is 0 Å². The molecule has 0 aliphatic carbocycles. The van der Waals surface area contributed by atoms with E-state index in [1.807, 2.05) is 0 Å². The SMILES string of the molecule is CCOC(=O)c1cc(Br)ccc1C(C)=O. The maximum atomic E-state index is 11.5. The van der Waals surface area contributed by atoms with Crippen molar-refractivity contribution in [3.8, 4) is 0 Å². The molecule has 80 valence electrons. The summed E-state index contributed by atoms with van der Waals surface area (Å²) in [5, 5.41) is 0. The minimum absolute atomic E-state index is 0.148. The van der Waals surface area contributed by atoms with Gasteiger partial charge in [-0.1, -0.05) is 15.9 Å². The van der Waals surface area contributed by atoms with Crippen molar-refractivity contribution >= 4 is 27.7 Å². The fraction of sp³-hybridized carbons (Fsp3) is 0.273. The molecule has 0 fully saturated rings. The highest BCUT2D eigenvalue weighted by Crippen LogP contribution is 2.18. The lowest BCUT2D eigenvalue weighted by Gasteiger charge is -2.06. The Kier molecular flexibility index (Phi) is 4.03. The molecule has 3 nitrogen and oxygen atoms in total. The molecule has 1 rings (SSSR count). The van der Waals surface area contributed by atoms with Crippen LogP contribution < -0.4 is 0 Å². The van der Waals surface area contributed by atoms with Gasteiger partial charge in [-0.3, -0.25) is 4.79 Å². The van der Waals surface area contributed by atoms with E-state index in [9.17, 15) is 9.59 Å². The maximum Gasteiger partial charge on any atom is 0.338 e. The second-order valence-electron chi connectivity index (χ2n) is 2.97. The van der Waals surface area contributed by atoms with Crippen molar-refractivity contribution in [3.05, 3.63) is 33.8 Å². The normalized spacial score (nSPS) is 9.80. The zero-order valence-electron chi connectivity index (χ0n) is 8.54. The summed E-state index contributed by atoms with van der Waals surface area (Å²) in [5.74, 6) is -0.616. The Morgan fingerprint density at radius 1 is 1.33 bits per heavy atom. The predicted octanol–water partition coefficient (Wildman–Crippen LogP) is 2.83. The highest BCUT2D eigenvalue weighted by Gasteiger charge is 2.15. The van der Waals surface area contributed by atoms with Gasteiger partial charge in [0.1, 0.15) is 0 Å². The van der Waals surface area contributed by atoms with E-state index in [2.05, 4.69) is 15.9 Å². The number of carbonyl (C=O) groups is 2. The first kappa shape index (κ1) is 11.9. The van der Waals surface area contributed by atoms with Crippen LogP contribution in [-0.4, -0.2) is 18.4 Å². The van der Waals surface area contributed by atoms with Gasteiger partial charge in [-0.15, -0.1) is 0 Å². The highest BCUT2D eigenvalue weighted by molar-refractivity contribution is 9.10. The van der Waals surface area contributed by atoms with Crippen LogP contribution in [0.25, 0.3) is 0 Å². The zero-order valence-corrected chi connectivity index (χ0v) is 10.1. The van der Waals surface area contributed by atoms with E-state index in [1.54, 1.807) is 25.1 Å². The summed E-state index contributed by atoms with van der Waals surface area (Å²) >= 11 is 3.25. The molecule has 0 amide bonds. The molecule has 0 radical (unpaired) electrons. The molecule has 0 saturated carbocycles. The molecule has 0 unspecified atom stereocenters. The van der Waals surface area contributed by atoms with Gasteiger partial charge in [0, 0.05) is 10.0 Å². The summed E-state index contributed by atoms with van der Waals surface area (Å²) in [6.07, 6.45) is 0. The number of Topliss-reactive ketones (excluding diaryl/α,β-unsaturated/α-hetero) is 1. The van der Waals surface area contributed by atoms with Gasteiger partial charge in [-0.25, -0.2) is 4.79 Å². The summed E-state index contributed by atoms with van der Waals surface area (Å²) in [6, 6.07) is 4.92. The molecule has 0 spiro atoms. The Morgan fingerprint density at radius 3 is 2.53 bits per heavy atom. The van der Waals surface area contributed by atoms with E-state index in [0.717, 1.165) is 4.47 Å². The Labute approximate surface area is 96.6 Å². The molecule has 0 N–H and O–H groups in total. The van der Waals surface area contributed by atoms with E-state index in [-0.39, 0.29) is 5.78 Å². The Bertz CT molecular complexity index is 399. The molecule has 1 aromatic carbocycles. The maximum absolute atomic E-state index is 11.5. The number of hydrogen-bond donors (Lipinski definition) is 0. The minimum atomic E-state index is -0.469. The monoisotopic (exact) mass is 270 g/mol. The predicted molar refractivity (Wildman–Crippen MR) is 60.1 cm³/mol. The summed E-state index contributed by atoms with van der Waals surface area (Å²) in [7, 11) is 0. The lowest BCUT2D eigenvalue weighted by atomic mass is 10.0. The second-order valence-corrected chi connectivity index (χ2v) is 3.88. The van der Waals surface area contributed by atoms with E-state index < -0.39 is 5.97 Å². The molecular weight excluding hydrogens is 260 g/mol. The van der Waals surface area contributed by atoms with Crippen LogP contribution in [-0.2, 0) is 4.74 Å². The van der Waals surface area contributed by atoms with Gasteiger partial charge in [0.2, 0.25) is 0 Å². The summed E-state index contributed by atoms with van der Waals surface area (Å²) in [5.41, 5.74) is 0.690. The highest BCUT2D eigenvalue weighted by atomic mass is 79.9. The van der Waals surface area contributed by atoms with E-state index >= 15 is 0 Å². The van der Waals surface area contributed by atoms with Crippen molar-refractivity contribution < 1.29 is 14.3 Å². The number of halogens is 1. The van der Waals surface area contributed by atoms with Gasteiger partial charge in [-0.05, 0) is 32.0 Å². The molecule has 0 aromatic heterocycles. The van der Waals surface area contributed by atoms with Gasteiger partial charge >= 0.3 is 5.97 Å². The molecular formula is C11H11BrO3. The molecule has 15 heavy (non-hydrogen) atoms. The number of ether oxygens (including phenoxy) is 1. The van der Waals surface area contributed by atoms with Crippen molar-refractivity contribution in [2.24, 2.45) is 0 Å². The third-order valence-corrected chi connectivity index (χ3v) is 2.35. The van der Waals surface area contributed by atoms with Crippen LogP contribution in [0.4, 0.5) is 0 Å². The minimum Gasteiger partial charge on any atom is -0.462 e. The number of ketones is 1. The first-order valence-corrected chi connectivity index (χ1v) is 5.33. The molecule has 1 aromatic rings. The number of rotatable bonds is 3. The van der Waals surface area contributed by atoms with Crippen LogP contribution >= 0.6 is 15.9 Å². The number of hydrogen-bond acceptors (Lipinski definition) is 3. The van der Waals surface area contributed by atoms with Gasteiger partial charge in [0.15, 0.2) is 5.78 Å². The van der Waals surface area contributed by atoms with Crippen molar-refractivity contribution in [2.75, 3.05) is 6.61 Å². The van der Waals surface area contributed by atoms with Gasteiger partial charge < -0.3 is 4.74 Å². The third kappa shape index (κ3) is 2.89. The van der Waals surface area contributed by atoms with E-state index in [1.165, 1.54) is 6.92 Å². The Hall–Kier alpha value is -1.16. The summed E-state index contributed by atoms with van der Waals surface area (Å²) in [4.78, 5) is 22.8. The molecule has 0 atom stereocenters. The first-order valence-electron chi connectivity index (χ1n) is 4.54. The molecule has 0 aliphatic heterocycles. The second kappa shape index (κ2) is 5.07. The fourth-order valence-electron chi connectivity index (χ4n) is 1.20. The van der Waals surface area contributed by atoms with Crippen LogP contribution in [0.15, 0.2) is 22.7 Å². The molecule has 0 bridgehead atoms. The molecule has 4 heteroatoms. The van der Waals surface area contributed by atoms with Gasteiger partial charge in [0.25, 0.3) is 0 Å². The van der Waals surface area contributed by atoms with Crippen LogP contribution in [0.2, 0.25) is 0 Å². The van der Waals surface area contributed by atoms with Crippen molar-refractivity contribution in [3.63, 3.8) is 0 Å². The number of esters is 1. The quantitative estimate of drug-likeness (QED) is 0.627. The number of benzene rings is 1. The molecule has 0 aliphatic rings. The van der Waals surface area contributed by atoms with E-state index in [0.29, 0.717) is 17.7 Å². The van der Waals surface area contributed by atoms with Gasteiger partial charge in [-0.2, -0.15) is 0 Å². The van der Waals surface area contributed by atoms with Crippen LogP contribution in [0.5, 0.6) is 0 Å². The van der Waals surface area contributed by atoms with Crippen LogP contribution in [0, 0.1) is 0 Å². The van der Waals surface area contributed by atoms with E-state index in [4.69, 9.17) is 4.74 Å². The molecule has 0 heterocycles. The lowest BCUT2D eigenvalue weighted by Crippen LogP contribution is -2.10. The van der Waals surface area contributed by atoms with Crippen LogP contribution in [0.1, 0.15) is 34.6 Å². The summed E-state index contributed by atoms with van der Waals surface area (Å²) in [6.45, 7) is 3.44. The topological polar surface area (TPSA) is 43.4 Å². The zero-order chi connectivity index (χ0) is 11.4. The fourth-order valence-corrected chi connectivity index (χ4v) is 1.56. The lowest BCUT2D eigenvalue weighted by molar-refractivity contribution is 0.0523.